The molecule has 0 heteroatoms. The fourth-order valence-electron chi connectivity index (χ4n) is 1.60. The van der Waals surface area contributed by atoms with E-state index in [0.717, 1.165) is 5.92 Å². The summed E-state index contributed by atoms with van der Waals surface area (Å²) in [4.78, 5) is 0. The summed E-state index contributed by atoms with van der Waals surface area (Å²) in [6.07, 6.45) is 14.2. The number of rotatable bonds is 3. The van der Waals surface area contributed by atoms with Gasteiger partial charge in [0.1, 0.15) is 0 Å². The third kappa shape index (κ3) is 25.0. The van der Waals surface area contributed by atoms with E-state index in [1.165, 1.54) is 64.2 Å². The second-order valence-corrected chi connectivity index (χ2v) is 4.91. The van der Waals surface area contributed by atoms with Crippen molar-refractivity contribution in [1.29, 1.82) is 0 Å². The molecule has 0 saturated heterocycles. The minimum Gasteiger partial charge on any atom is -0.0683 e. The molecule has 0 aromatic carbocycles. The highest BCUT2D eigenvalue weighted by atomic mass is 14.2. The van der Waals surface area contributed by atoms with Crippen LogP contribution in [0.15, 0.2) is 0 Å². The molecule has 0 atom stereocenters. The fraction of sp³-hybridized carbons (Fsp3) is 1.00. The van der Waals surface area contributed by atoms with Crippen LogP contribution in [-0.4, -0.2) is 0 Å². The highest BCUT2D eigenvalue weighted by Gasteiger charge is 2.09. The number of hydrogen-bond donors (Lipinski definition) is 0. The summed E-state index contributed by atoms with van der Waals surface area (Å²) in [5, 5.41) is 0. The Kier molecular flexibility index (Phi) is 33.1. The van der Waals surface area contributed by atoms with E-state index in [0.29, 0.717) is 0 Å². The van der Waals surface area contributed by atoms with Gasteiger partial charge in [-0.15, -0.1) is 0 Å². The van der Waals surface area contributed by atoms with E-state index < -0.39 is 0 Å². The van der Waals surface area contributed by atoms with Crippen LogP contribution in [0.25, 0.3) is 0 Å². The predicted octanol–water partition coefficient (Wildman–Crippen LogP) is 7.62. The second-order valence-electron chi connectivity index (χ2n) is 4.91. The normalized spacial score (nSPS) is 14.2. The molecule has 0 bridgehead atoms. The van der Waals surface area contributed by atoms with E-state index in [9.17, 15) is 0 Å². The monoisotopic (exact) mass is 258 g/mol. The molecule has 114 valence electrons. The zero-order valence-corrected chi connectivity index (χ0v) is 14.6. The van der Waals surface area contributed by atoms with E-state index in [1.54, 1.807) is 0 Å². The molecule has 0 spiro atoms. The van der Waals surface area contributed by atoms with Crippen LogP contribution in [0.1, 0.15) is 113 Å². The summed E-state index contributed by atoms with van der Waals surface area (Å²) >= 11 is 0. The van der Waals surface area contributed by atoms with Gasteiger partial charge in [0, 0.05) is 0 Å². The Morgan fingerprint density at radius 3 is 1.11 bits per heavy atom. The van der Waals surface area contributed by atoms with Gasteiger partial charge in [-0.3, -0.25) is 0 Å². The molecule has 0 aliphatic heterocycles. The molecule has 1 fully saturated rings. The molecule has 0 unspecified atom stereocenters. The van der Waals surface area contributed by atoms with Crippen LogP contribution in [0.2, 0.25) is 0 Å². The summed E-state index contributed by atoms with van der Waals surface area (Å²) < 4.78 is 0. The van der Waals surface area contributed by atoms with Crippen molar-refractivity contribution in [2.45, 2.75) is 113 Å². The minimum absolute atomic E-state index is 1.09. The Bertz CT molecular complexity index is 82.2. The predicted molar refractivity (Wildman–Crippen MR) is 89.4 cm³/mol. The van der Waals surface area contributed by atoms with E-state index >= 15 is 0 Å². The first-order valence-corrected chi connectivity index (χ1v) is 8.76. The molecule has 0 aromatic rings. The topological polar surface area (TPSA) is 0 Å². The van der Waals surface area contributed by atoms with E-state index in [2.05, 4.69) is 34.6 Å². The Hall–Kier alpha value is 0. The molecule has 1 aliphatic carbocycles. The first-order valence-electron chi connectivity index (χ1n) is 8.76. The van der Waals surface area contributed by atoms with Crippen molar-refractivity contribution in [2.75, 3.05) is 0 Å². The van der Waals surface area contributed by atoms with Gasteiger partial charge in [-0.05, 0) is 5.92 Å². The van der Waals surface area contributed by atoms with Gasteiger partial charge in [0.15, 0.2) is 0 Å². The van der Waals surface area contributed by atoms with Crippen LogP contribution in [0, 0.1) is 5.92 Å². The van der Waals surface area contributed by atoms with Crippen molar-refractivity contribution in [3.8, 4) is 0 Å². The van der Waals surface area contributed by atoms with Gasteiger partial charge in [-0.1, -0.05) is 113 Å². The zero-order valence-electron chi connectivity index (χ0n) is 14.6. The lowest BCUT2D eigenvalue weighted by Crippen LogP contribution is -2.03. The van der Waals surface area contributed by atoms with Crippen molar-refractivity contribution >= 4 is 0 Å². The van der Waals surface area contributed by atoms with Crippen LogP contribution in [0.4, 0.5) is 0 Å². The van der Waals surface area contributed by atoms with Crippen LogP contribution in [0.5, 0.6) is 0 Å². The average molecular weight is 259 g/mol. The van der Waals surface area contributed by atoms with Crippen LogP contribution >= 0.6 is 0 Å². The van der Waals surface area contributed by atoms with Crippen molar-refractivity contribution in [1.82, 2.24) is 0 Å². The fourth-order valence-corrected chi connectivity index (χ4v) is 1.60. The quantitative estimate of drug-likeness (QED) is 0.488. The molecular formula is C18H42. The van der Waals surface area contributed by atoms with E-state index in [1.807, 2.05) is 13.8 Å². The maximum absolute atomic E-state index is 2.32. The van der Waals surface area contributed by atoms with E-state index in [-0.39, 0.29) is 0 Å². The summed E-state index contributed by atoms with van der Waals surface area (Å²) in [5.41, 5.74) is 0. The summed E-state index contributed by atoms with van der Waals surface area (Å²) in [6, 6.07) is 0. The number of hydrogen-bond acceptors (Lipinski definition) is 0. The minimum atomic E-state index is 1.09. The van der Waals surface area contributed by atoms with Crippen LogP contribution in [-0.2, 0) is 0 Å². The molecule has 0 heterocycles. The van der Waals surface area contributed by atoms with Crippen LogP contribution in [0.3, 0.4) is 0 Å². The van der Waals surface area contributed by atoms with Gasteiger partial charge in [0.25, 0.3) is 0 Å². The lowest BCUT2D eigenvalue weighted by molar-refractivity contribution is 0.349. The van der Waals surface area contributed by atoms with Gasteiger partial charge in [-0.2, -0.15) is 0 Å². The molecule has 1 rings (SSSR count). The molecule has 0 nitrogen and oxygen atoms in total. The molecule has 0 N–H and O–H groups in total. The highest BCUT2D eigenvalue weighted by molar-refractivity contribution is 4.63. The Morgan fingerprint density at radius 1 is 0.611 bits per heavy atom. The Labute approximate surface area is 119 Å². The average Bonchev–Trinajstić information content (AvgIpc) is 2.50. The molecule has 0 amide bonds. The molecule has 0 aromatic heterocycles. The number of unbranched alkanes of at least 4 members (excludes halogenated alkanes) is 2. The lowest BCUT2D eigenvalue weighted by Gasteiger charge is -2.18. The maximum atomic E-state index is 2.32. The smallest absolute Gasteiger partial charge is 0.0417 e. The summed E-state index contributed by atoms with van der Waals surface area (Å²) in [7, 11) is 0. The highest BCUT2D eigenvalue weighted by Crippen LogP contribution is 2.25. The van der Waals surface area contributed by atoms with Crippen molar-refractivity contribution in [2.24, 2.45) is 5.92 Å². The maximum Gasteiger partial charge on any atom is -0.0417 e. The third-order valence-corrected chi connectivity index (χ3v) is 3.30. The van der Waals surface area contributed by atoms with Crippen LogP contribution < -0.4 is 0 Å². The first-order chi connectivity index (χ1) is 8.76. The SMILES string of the molecule is CC.CCC1CCCCC1.CCCC.CCCC. The third-order valence-electron chi connectivity index (χ3n) is 3.30. The summed E-state index contributed by atoms with van der Waals surface area (Å²) in [6.45, 7) is 15.0. The van der Waals surface area contributed by atoms with Gasteiger partial charge >= 0.3 is 0 Å². The largest absolute Gasteiger partial charge is 0.0683 e. The van der Waals surface area contributed by atoms with Crippen molar-refractivity contribution in [3.05, 3.63) is 0 Å². The molecule has 1 aliphatic rings. The van der Waals surface area contributed by atoms with Gasteiger partial charge < -0.3 is 0 Å². The molecule has 1 saturated carbocycles. The zero-order chi connectivity index (χ0) is 14.6. The first kappa shape index (κ1) is 23.1. The standard InChI is InChI=1S/C8H16.2C4H10.C2H6/c1-2-8-6-4-3-5-7-8;2*1-3-4-2;1-2/h8H,2-7H2,1H3;2*3-4H2,1-2H3;1-2H3. The van der Waals surface area contributed by atoms with E-state index in [4.69, 9.17) is 0 Å². The molecular weight excluding hydrogens is 216 g/mol. The van der Waals surface area contributed by atoms with Gasteiger partial charge in [0.2, 0.25) is 0 Å². The van der Waals surface area contributed by atoms with Crippen molar-refractivity contribution < 1.29 is 0 Å². The van der Waals surface area contributed by atoms with Gasteiger partial charge in [-0.25, -0.2) is 0 Å². The van der Waals surface area contributed by atoms with Crippen molar-refractivity contribution in [3.63, 3.8) is 0 Å². The Morgan fingerprint density at radius 2 is 0.944 bits per heavy atom. The summed E-state index contributed by atoms with van der Waals surface area (Å²) in [5.74, 6) is 1.09. The second kappa shape index (κ2) is 25.8. The Balaban J connectivity index is -0.000000194. The molecule has 18 heavy (non-hydrogen) atoms. The van der Waals surface area contributed by atoms with Gasteiger partial charge in [0.05, 0.1) is 0 Å². The molecule has 0 radical (unpaired) electrons. The lowest BCUT2D eigenvalue weighted by atomic mass is 9.88.